The average molecular weight is 217 g/mol. The number of halogens is 1. The van der Waals surface area contributed by atoms with E-state index >= 15 is 0 Å². The van der Waals surface area contributed by atoms with Gasteiger partial charge in [0.05, 0.1) is 0 Å². The third-order valence-corrected chi connectivity index (χ3v) is 2.53. The maximum atomic E-state index is 12.4. The molecule has 0 aliphatic heterocycles. The number of benzene rings is 1. The van der Waals surface area contributed by atoms with Gasteiger partial charge in [-0.1, -0.05) is 24.3 Å². The SMILES string of the molecule is CC(N)c1ccccc1CS(=O)(=O)F. The molecule has 0 aliphatic rings. The molecule has 1 atom stereocenters. The Morgan fingerprint density at radius 3 is 2.50 bits per heavy atom. The number of hydrogen-bond acceptors (Lipinski definition) is 3. The molecule has 0 heterocycles. The minimum atomic E-state index is -4.49. The third-order valence-electron chi connectivity index (χ3n) is 1.87. The Labute approximate surface area is 83.0 Å². The van der Waals surface area contributed by atoms with Crippen molar-refractivity contribution < 1.29 is 12.3 Å². The molecule has 0 aromatic heterocycles. The molecule has 3 nitrogen and oxygen atoms in total. The van der Waals surface area contributed by atoms with Gasteiger partial charge in [-0.3, -0.25) is 0 Å². The van der Waals surface area contributed by atoms with Gasteiger partial charge in [0, 0.05) is 6.04 Å². The lowest BCUT2D eigenvalue weighted by Gasteiger charge is -2.10. The fourth-order valence-electron chi connectivity index (χ4n) is 1.30. The van der Waals surface area contributed by atoms with Gasteiger partial charge in [0.2, 0.25) is 0 Å². The lowest BCUT2D eigenvalue weighted by atomic mass is 10.0. The highest BCUT2D eigenvalue weighted by atomic mass is 32.3. The molecule has 0 saturated carbocycles. The molecule has 0 saturated heterocycles. The first-order chi connectivity index (χ1) is 6.40. The van der Waals surface area contributed by atoms with E-state index in [2.05, 4.69) is 0 Å². The Hall–Kier alpha value is -0.940. The standard InChI is InChI=1S/C9H12FNO2S/c1-7(11)9-5-3-2-4-8(9)6-14(10,12)13/h2-5,7H,6,11H2,1H3. The fourth-order valence-corrected chi connectivity index (χ4v) is 1.93. The first-order valence-electron chi connectivity index (χ1n) is 4.16. The first-order valence-corrected chi connectivity index (χ1v) is 5.71. The van der Waals surface area contributed by atoms with Crippen LogP contribution in [0.1, 0.15) is 24.1 Å². The summed E-state index contributed by atoms with van der Waals surface area (Å²) in [5.41, 5.74) is 6.70. The Morgan fingerprint density at radius 1 is 1.43 bits per heavy atom. The highest BCUT2D eigenvalue weighted by molar-refractivity contribution is 7.85. The minimum absolute atomic E-state index is 0.298. The van der Waals surface area contributed by atoms with Gasteiger partial charge in [0.25, 0.3) is 0 Å². The smallest absolute Gasteiger partial charge is 0.306 e. The van der Waals surface area contributed by atoms with Crippen molar-refractivity contribution in [3.8, 4) is 0 Å². The molecule has 1 rings (SSSR count). The molecule has 1 aromatic rings. The van der Waals surface area contributed by atoms with Crippen LogP contribution in [0.15, 0.2) is 24.3 Å². The van der Waals surface area contributed by atoms with E-state index in [9.17, 15) is 12.3 Å². The molecule has 78 valence electrons. The molecule has 5 heteroatoms. The Morgan fingerprint density at radius 2 is 2.00 bits per heavy atom. The van der Waals surface area contributed by atoms with Crippen LogP contribution in [0, 0.1) is 0 Å². The summed E-state index contributed by atoms with van der Waals surface area (Å²) in [6.45, 7) is 1.73. The van der Waals surface area contributed by atoms with Gasteiger partial charge in [0.15, 0.2) is 0 Å². The summed E-state index contributed by atoms with van der Waals surface area (Å²) >= 11 is 0. The summed E-state index contributed by atoms with van der Waals surface area (Å²) in [5, 5.41) is 0. The second-order valence-electron chi connectivity index (χ2n) is 3.17. The molecule has 0 amide bonds. The van der Waals surface area contributed by atoms with Crippen LogP contribution in [-0.4, -0.2) is 8.42 Å². The van der Waals surface area contributed by atoms with E-state index in [1.165, 1.54) is 0 Å². The molecule has 0 spiro atoms. The summed E-state index contributed by atoms with van der Waals surface area (Å²) in [4.78, 5) is 0. The second kappa shape index (κ2) is 4.06. The average Bonchev–Trinajstić information content (AvgIpc) is 2.01. The largest absolute Gasteiger partial charge is 0.324 e. The molecule has 0 fully saturated rings. The van der Waals surface area contributed by atoms with E-state index in [-0.39, 0.29) is 6.04 Å². The van der Waals surface area contributed by atoms with Crippen molar-refractivity contribution in [3.63, 3.8) is 0 Å². The Kier molecular flexibility index (Phi) is 3.23. The van der Waals surface area contributed by atoms with Crippen LogP contribution in [0.25, 0.3) is 0 Å². The van der Waals surface area contributed by atoms with E-state index in [1.54, 1.807) is 31.2 Å². The monoisotopic (exact) mass is 217 g/mol. The molecular weight excluding hydrogens is 205 g/mol. The van der Waals surface area contributed by atoms with E-state index in [4.69, 9.17) is 5.73 Å². The van der Waals surface area contributed by atoms with Gasteiger partial charge in [-0.2, -0.15) is 8.42 Å². The topological polar surface area (TPSA) is 60.2 Å². The van der Waals surface area contributed by atoms with Gasteiger partial charge >= 0.3 is 10.2 Å². The van der Waals surface area contributed by atoms with Crippen molar-refractivity contribution in [1.29, 1.82) is 0 Å². The van der Waals surface area contributed by atoms with Crippen LogP contribution < -0.4 is 5.73 Å². The minimum Gasteiger partial charge on any atom is -0.324 e. The normalized spacial score (nSPS) is 13.9. The number of rotatable bonds is 3. The van der Waals surface area contributed by atoms with Gasteiger partial charge in [-0.25, -0.2) is 0 Å². The van der Waals surface area contributed by atoms with Crippen molar-refractivity contribution in [2.24, 2.45) is 5.73 Å². The van der Waals surface area contributed by atoms with Crippen LogP contribution in [0.4, 0.5) is 3.89 Å². The molecule has 14 heavy (non-hydrogen) atoms. The zero-order valence-corrected chi connectivity index (χ0v) is 8.59. The molecule has 1 unspecified atom stereocenters. The number of hydrogen-bond donors (Lipinski definition) is 1. The molecule has 0 aliphatic carbocycles. The van der Waals surface area contributed by atoms with E-state index < -0.39 is 16.0 Å². The molecule has 0 bridgehead atoms. The van der Waals surface area contributed by atoms with Crippen molar-refractivity contribution in [2.45, 2.75) is 18.7 Å². The Bertz CT molecular complexity index is 415. The van der Waals surface area contributed by atoms with Gasteiger partial charge in [-0.15, -0.1) is 3.89 Å². The van der Waals surface area contributed by atoms with Crippen LogP contribution >= 0.6 is 0 Å². The molecule has 2 N–H and O–H groups in total. The van der Waals surface area contributed by atoms with Gasteiger partial charge in [-0.05, 0) is 18.1 Å². The first kappa shape index (κ1) is 11.1. The lowest BCUT2D eigenvalue weighted by molar-refractivity contribution is 0.550. The van der Waals surface area contributed by atoms with Crippen LogP contribution in [0.2, 0.25) is 0 Å². The van der Waals surface area contributed by atoms with Crippen LogP contribution in [-0.2, 0) is 16.0 Å². The maximum Gasteiger partial charge on any atom is 0.306 e. The second-order valence-corrected chi connectivity index (χ2v) is 4.54. The predicted molar refractivity (Wildman–Crippen MR) is 52.8 cm³/mol. The lowest BCUT2D eigenvalue weighted by Crippen LogP contribution is -2.09. The summed E-state index contributed by atoms with van der Waals surface area (Å²) < 4.78 is 33.4. The van der Waals surface area contributed by atoms with Crippen molar-refractivity contribution in [3.05, 3.63) is 35.4 Å². The highest BCUT2D eigenvalue weighted by Gasteiger charge is 2.13. The fraction of sp³-hybridized carbons (Fsp3) is 0.333. The third kappa shape index (κ3) is 3.08. The highest BCUT2D eigenvalue weighted by Crippen LogP contribution is 2.18. The number of nitrogens with two attached hydrogens (primary N) is 1. The van der Waals surface area contributed by atoms with Crippen LogP contribution in [0.3, 0.4) is 0 Å². The Balaban J connectivity index is 3.08. The van der Waals surface area contributed by atoms with E-state index in [0.717, 1.165) is 0 Å². The van der Waals surface area contributed by atoms with Gasteiger partial charge < -0.3 is 5.73 Å². The van der Waals surface area contributed by atoms with Crippen molar-refractivity contribution in [2.75, 3.05) is 0 Å². The molecular formula is C9H12FNO2S. The summed E-state index contributed by atoms with van der Waals surface area (Å²) in [7, 11) is -4.49. The zero-order chi connectivity index (χ0) is 10.8. The predicted octanol–water partition coefficient (Wildman–Crippen LogP) is 1.51. The van der Waals surface area contributed by atoms with Crippen molar-refractivity contribution >= 4 is 10.2 Å². The van der Waals surface area contributed by atoms with E-state index in [0.29, 0.717) is 11.1 Å². The quantitative estimate of drug-likeness (QED) is 0.780. The maximum absolute atomic E-state index is 12.4. The summed E-state index contributed by atoms with van der Waals surface area (Å²) in [6.07, 6.45) is 0. The van der Waals surface area contributed by atoms with Gasteiger partial charge in [0.1, 0.15) is 5.75 Å². The molecule has 0 radical (unpaired) electrons. The van der Waals surface area contributed by atoms with Crippen molar-refractivity contribution in [1.82, 2.24) is 0 Å². The molecule has 1 aromatic carbocycles. The zero-order valence-electron chi connectivity index (χ0n) is 7.77. The van der Waals surface area contributed by atoms with E-state index in [1.807, 2.05) is 0 Å². The summed E-state index contributed by atoms with van der Waals surface area (Å²) in [6, 6.07) is 6.37. The van der Waals surface area contributed by atoms with Crippen LogP contribution in [0.5, 0.6) is 0 Å². The summed E-state index contributed by atoms with van der Waals surface area (Å²) in [5.74, 6) is -0.606.